The first-order valence-electron chi connectivity index (χ1n) is 22.5. The van der Waals surface area contributed by atoms with Gasteiger partial charge in [0.05, 0.1) is 16.7 Å². The highest BCUT2D eigenvalue weighted by molar-refractivity contribution is 7.19. The summed E-state index contributed by atoms with van der Waals surface area (Å²) in [6, 6.07) is 80.2. The van der Waals surface area contributed by atoms with Crippen molar-refractivity contribution < 1.29 is 4.42 Å². The van der Waals surface area contributed by atoms with E-state index in [0.29, 0.717) is 17.5 Å². The SMILES string of the molecule is c1ccc([Si](c2ccccc2)(c2ccccc2)c2ccc(-c3nc(-c4ccc5c(c4)oc4ccncc45)nc(-c4ccc(-n5c6ccccc6c6ccccc65)c5ccccc45)n3)cc2)cc1. The van der Waals surface area contributed by atoms with Crippen molar-refractivity contribution in [1.29, 1.82) is 0 Å². The summed E-state index contributed by atoms with van der Waals surface area (Å²) < 4.78 is 8.74. The summed E-state index contributed by atoms with van der Waals surface area (Å²) >= 11 is 0. The van der Waals surface area contributed by atoms with E-state index in [4.69, 9.17) is 19.4 Å². The number of aromatic nitrogens is 5. The highest BCUT2D eigenvalue weighted by Gasteiger charge is 2.41. The Morgan fingerprint density at radius 2 is 0.866 bits per heavy atom. The Kier molecular flexibility index (Phi) is 9.08. The Morgan fingerprint density at radius 1 is 0.358 bits per heavy atom. The van der Waals surface area contributed by atoms with Crippen LogP contribution < -0.4 is 20.7 Å². The van der Waals surface area contributed by atoms with Gasteiger partial charge >= 0.3 is 0 Å². The number of para-hydroxylation sites is 2. The molecule has 0 bridgehead atoms. The van der Waals surface area contributed by atoms with Gasteiger partial charge in [-0.3, -0.25) is 4.98 Å². The standard InChI is InChI=1S/C60H39N5OSi/c1-4-16-42(17-5-1)67(43-18-6-2-7-19-43,44-20-8-3-9-21-44)45-31-28-40(29-32-45)58-62-59(41-30-33-50-52-39-61-37-36-56(52)66-57(50)38-41)64-60(63-58)51-34-35-55(47-23-11-10-22-46(47)51)65-53-26-14-12-24-48(53)49-25-13-15-27-54(49)65/h1-39H. The van der Waals surface area contributed by atoms with E-state index < -0.39 is 8.07 Å². The Hall–Kier alpha value is -8.78. The van der Waals surface area contributed by atoms with Crippen molar-refractivity contribution in [2.24, 2.45) is 0 Å². The lowest BCUT2D eigenvalue weighted by molar-refractivity contribution is 0.668. The Morgan fingerprint density at radius 3 is 1.49 bits per heavy atom. The molecule has 0 radical (unpaired) electrons. The van der Waals surface area contributed by atoms with Crippen LogP contribution in [-0.4, -0.2) is 32.6 Å². The lowest BCUT2D eigenvalue weighted by Crippen LogP contribution is -2.74. The summed E-state index contributed by atoms with van der Waals surface area (Å²) in [5, 5.41) is 11.8. The number of benzene rings is 9. The molecule has 4 heterocycles. The lowest BCUT2D eigenvalue weighted by atomic mass is 10.0. The molecular formula is C60H39N5OSi. The number of nitrogens with zero attached hydrogens (tertiary/aromatic N) is 5. The third kappa shape index (κ3) is 6.24. The van der Waals surface area contributed by atoms with Crippen molar-refractivity contribution in [3.8, 4) is 39.9 Å². The van der Waals surface area contributed by atoms with Gasteiger partial charge in [0, 0.05) is 56.0 Å². The summed E-state index contributed by atoms with van der Waals surface area (Å²) in [5.74, 6) is 1.73. The molecule has 9 aromatic carbocycles. The molecule has 0 aliphatic rings. The number of fused-ring (bicyclic) bond motifs is 7. The second kappa shape index (κ2) is 15.7. The quantitative estimate of drug-likeness (QED) is 0.112. The first-order valence-corrected chi connectivity index (χ1v) is 24.5. The van der Waals surface area contributed by atoms with E-state index in [1.54, 1.807) is 6.20 Å². The maximum atomic E-state index is 6.36. The highest BCUT2D eigenvalue weighted by Crippen LogP contribution is 2.38. The number of hydrogen-bond donors (Lipinski definition) is 0. The maximum absolute atomic E-state index is 6.36. The van der Waals surface area contributed by atoms with Gasteiger partial charge in [0.25, 0.3) is 0 Å². The summed E-state index contributed by atoms with van der Waals surface area (Å²) in [4.78, 5) is 20.3. The molecule has 0 aliphatic heterocycles. The smallest absolute Gasteiger partial charge is 0.179 e. The van der Waals surface area contributed by atoms with Gasteiger partial charge in [-0.2, -0.15) is 0 Å². The fourth-order valence-electron chi connectivity index (χ4n) is 10.3. The summed E-state index contributed by atoms with van der Waals surface area (Å²) in [7, 11) is -2.75. The van der Waals surface area contributed by atoms with E-state index in [9.17, 15) is 0 Å². The second-order valence-electron chi connectivity index (χ2n) is 17.0. The fourth-order valence-corrected chi connectivity index (χ4v) is 15.0. The Labute approximate surface area is 387 Å². The second-order valence-corrected chi connectivity index (χ2v) is 20.8. The predicted octanol–water partition coefficient (Wildman–Crippen LogP) is 11.8. The molecule has 0 fully saturated rings. The van der Waals surface area contributed by atoms with Crippen molar-refractivity contribution in [3.05, 3.63) is 237 Å². The monoisotopic (exact) mass is 873 g/mol. The van der Waals surface area contributed by atoms with Gasteiger partial charge in [-0.15, -0.1) is 0 Å². The third-order valence-electron chi connectivity index (χ3n) is 13.3. The summed E-state index contributed by atoms with van der Waals surface area (Å²) in [6.07, 6.45) is 3.60. The largest absolute Gasteiger partial charge is 0.456 e. The van der Waals surface area contributed by atoms with Crippen molar-refractivity contribution in [1.82, 2.24) is 24.5 Å². The highest BCUT2D eigenvalue weighted by atomic mass is 28.3. The van der Waals surface area contributed by atoms with Crippen molar-refractivity contribution in [3.63, 3.8) is 0 Å². The first kappa shape index (κ1) is 38.7. The van der Waals surface area contributed by atoms with Crippen LogP contribution in [0.5, 0.6) is 0 Å². The van der Waals surface area contributed by atoms with Crippen molar-refractivity contribution in [2.45, 2.75) is 0 Å². The molecule has 314 valence electrons. The predicted molar refractivity (Wildman–Crippen MR) is 277 cm³/mol. The summed E-state index contributed by atoms with van der Waals surface area (Å²) in [6.45, 7) is 0. The molecule has 13 rings (SSSR count). The van der Waals surface area contributed by atoms with Crippen LogP contribution in [0.25, 0.3) is 94.4 Å². The molecule has 67 heavy (non-hydrogen) atoms. The topological polar surface area (TPSA) is 69.6 Å². The number of rotatable bonds is 8. The van der Waals surface area contributed by atoms with Crippen LogP contribution in [0.1, 0.15) is 0 Å². The van der Waals surface area contributed by atoms with Crippen LogP contribution in [-0.2, 0) is 0 Å². The van der Waals surface area contributed by atoms with Crippen molar-refractivity contribution in [2.75, 3.05) is 0 Å². The van der Waals surface area contributed by atoms with Crippen LogP contribution >= 0.6 is 0 Å². The van der Waals surface area contributed by atoms with E-state index in [-0.39, 0.29) is 0 Å². The molecule has 0 saturated carbocycles. The van der Waals surface area contributed by atoms with Crippen LogP contribution in [0.15, 0.2) is 241 Å². The number of hydrogen-bond acceptors (Lipinski definition) is 5. The van der Waals surface area contributed by atoms with E-state index in [0.717, 1.165) is 66.1 Å². The number of pyridine rings is 1. The van der Waals surface area contributed by atoms with Crippen molar-refractivity contribution >= 4 is 83.3 Å². The third-order valence-corrected chi connectivity index (χ3v) is 18.1. The average Bonchev–Trinajstić information content (AvgIpc) is 3.95. The van der Waals surface area contributed by atoms with Gasteiger partial charge in [-0.05, 0) is 68.6 Å². The Bertz CT molecular complexity index is 3830. The minimum atomic E-state index is -2.75. The molecule has 7 heteroatoms. The molecule has 4 aromatic heterocycles. The lowest BCUT2D eigenvalue weighted by Gasteiger charge is -2.34. The molecule has 0 atom stereocenters. The molecule has 0 amide bonds. The normalized spacial score (nSPS) is 11.9. The van der Waals surface area contributed by atoms with Crippen LogP contribution in [0, 0.1) is 0 Å². The zero-order valence-corrected chi connectivity index (χ0v) is 37.2. The minimum absolute atomic E-state index is 0.557. The van der Waals surface area contributed by atoms with Gasteiger partial charge < -0.3 is 8.98 Å². The van der Waals surface area contributed by atoms with Gasteiger partial charge in [0.2, 0.25) is 0 Å². The minimum Gasteiger partial charge on any atom is -0.456 e. The molecular weight excluding hydrogens is 835 g/mol. The molecule has 0 unspecified atom stereocenters. The van der Waals surface area contributed by atoms with Gasteiger partial charge in [-0.1, -0.05) is 182 Å². The van der Waals surface area contributed by atoms with E-state index >= 15 is 0 Å². The Balaban J connectivity index is 1.01. The molecule has 0 saturated heterocycles. The molecule has 13 aromatic rings. The zero-order chi connectivity index (χ0) is 44.3. The molecule has 0 aliphatic carbocycles. The molecule has 0 spiro atoms. The van der Waals surface area contributed by atoms with Crippen LogP contribution in [0.2, 0.25) is 0 Å². The summed E-state index contributed by atoms with van der Waals surface area (Å²) in [5.41, 5.74) is 7.59. The maximum Gasteiger partial charge on any atom is 0.179 e. The van der Waals surface area contributed by atoms with Gasteiger partial charge in [-0.25, -0.2) is 15.0 Å². The van der Waals surface area contributed by atoms with Gasteiger partial charge in [0.15, 0.2) is 25.5 Å². The molecule has 0 N–H and O–H groups in total. The average molecular weight is 874 g/mol. The van der Waals surface area contributed by atoms with Crippen LogP contribution in [0.3, 0.4) is 0 Å². The number of furan rings is 1. The van der Waals surface area contributed by atoms with Gasteiger partial charge in [0.1, 0.15) is 11.2 Å². The fraction of sp³-hybridized carbons (Fsp3) is 0. The first-order chi connectivity index (χ1) is 33.2. The zero-order valence-electron chi connectivity index (χ0n) is 36.2. The van der Waals surface area contributed by atoms with E-state index in [1.807, 2.05) is 18.3 Å². The van der Waals surface area contributed by atoms with E-state index in [2.05, 4.69) is 222 Å². The van der Waals surface area contributed by atoms with E-state index in [1.165, 1.54) is 31.5 Å². The molecule has 6 nitrogen and oxygen atoms in total. The van der Waals surface area contributed by atoms with Crippen LogP contribution in [0.4, 0.5) is 0 Å².